The first-order valence-corrected chi connectivity index (χ1v) is 10.9. The topological polar surface area (TPSA) is 113 Å². The lowest BCUT2D eigenvalue weighted by molar-refractivity contribution is -0.139. The van der Waals surface area contributed by atoms with Crippen LogP contribution in [-0.4, -0.2) is 66.2 Å². The number of halogens is 3. The zero-order valence-electron chi connectivity index (χ0n) is 16.6. The maximum Gasteiger partial charge on any atom is 0.389 e. The summed E-state index contributed by atoms with van der Waals surface area (Å²) in [6, 6.07) is 2.93. The number of fused-ring (bicyclic) bond motifs is 1. The van der Waals surface area contributed by atoms with Crippen LogP contribution in [0.25, 0.3) is 0 Å². The van der Waals surface area contributed by atoms with Gasteiger partial charge in [-0.1, -0.05) is 0 Å². The smallest absolute Gasteiger partial charge is 0.389 e. The average molecular weight is 455 g/mol. The van der Waals surface area contributed by atoms with E-state index in [1.165, 1.54) is 32.0 Å². The molecule has 0 aromatic heterocycles. The molecule has 0 bridgehead atoms. The molecule has 1 aliphatic heterocycles. The van der Waals surface area contributed by atoms with Gasteiger partial charge in [-0.3, -0.25) is 4.79 Å². The van der Waals surface area contributed by atoms with Crippen molar-refractivity contribution in [2.45, 2.75) is 50.6 Å². The summed E-state index contributed by atoms with van der Waals surface area (Å²) in [5.41, 5.74) is -1.09. The molecule has 2 atom stereocenters. The molecule has 1 aromatic carbocycles. The summed E-state index contributed by atoms with van der Waals surface area (Å²) in [6.45, 7) is 1.92. The number of carboxylic acid groups (broad SMARTS) is 1. The van der Waals surface area contributed by atoms with E-state index in [0.717, 1.165) is 6.26 Å². The fourth-order valence-corrected chi connectivity index (χ4v) is 4.15. The van der Waals surface area contributed by atoms with Crippen molar-refractivity contribution >= 4 is 16.0 Å². The van der Waals surface area contributed by atoms with Gasteiger partial charge in [-0.05, 0) is 38.5 Å². The van der Waals surface area contributed by atoms with E-state index in [1.54, 1.807) is 0 Å². The first-order chi connectivity index (χ1) is 13.6. The van der Waals surface area contributed by atoms with E-state index in [9.17, 15) is 36.6 Å². The molecule has 12 heteroatoms. The highest BCUT2D eigenvalue weighted by atomic mass is 32.2. The Morgan fingerprint density at radius 1 is 1.33 bits per heavy atom. The number of hydrogen-bond acceptors (Lipinski definition) is 6. The van der Waals surface area contributed by atoms with Crippen LogP contribution in [-0.2, 0) is 14.8 Å². The molecule has 0 radical (unpaired) electrons. The summed E-state index contributed by atoms with van der Waals surface area (Å²) in [5, 5.41) is 20.0. The lowest BCUT2D eigenvalue weighted by Crippen LogP contribution is -2.55. The monoisotopic (exact) mass is 455 g/mol. The van der Waals surface area contributed by atoms with Gasteiger partial charge in [0, 0.05) is 12.0 Å². The Morgan fingerprint density at radius 2 is 1.97 bits per heavy atom. The van der Waals surface area contributed by atoms with E-state index in [1.807, 2.05) is 0 Å². The second kappa shape index (κ2) is 8.60. The number of alkyl halides is 3. The SMILES string of the molecule is CC1(C)Oc2ccc(OCCCC(F)(F)F)cc2[C@H](N(CC(=O)O)S(C)(=O)=O)[C@H]1O. The molecule has 0 unspecified atom stereocenters. The number of aliphatic hydroxyl groups excluding tert-OH is 1. The number of nitrogens with zero attached hydrogens (tertiary/aromatic N) is 1. The lowest BCUT2D eigenvalue weighted by Gasteiger charge is -2.45. The Kier molecular flexibility index (Phi) is 6.94. The van der Waals surface area contributed by atoms with Crippen molar-refractivity contribution in [3.05, 3.63) is 23.8 Å². The number of benzene rings is 1. The Hall–Kier alpha value is -2.05. The van der Waals surface area contributed by atoms with Gasteiger partial charge >= 0.3 is 12.1 Å². The van der Waals surface area contributed by atoms with Crippen molar-refractivity contribution < 1.29 is 46.1 Å². The van der Waals surface area contributed by atoms with Crippen LogP contribution < -0.4 is 9.47 Å². The highest BCUT2D eigenvalue weighted by Crippen LogP contribution is 2.45. The fraction of sp³-hybridized carbons (Fsp3) is 0.611. The molecule has 0 fully saturated rings. The maximum absolute atomic E-state index is 12.3. The van der Waals surface area contributed by atoms with Crippen molar-refractivity contribution in [3.63, 3.8) is 0 Å². The summed E-state index contributed by atoms with van der Waals surface area (Å²) in [4.78, 5) is 11.3. The summed E-state index contributed by atoms with van der Waals surface area (Å²) in [5.74, 6) is -1.07. The molecule has 0 saturated heterocycles. The van der Waals surface area contributed by atoms with Gasteiger partial charge in [0.15, 0.2) is 0 Å². The molecule has 1 heterocycles. The Bertz CT molecular complexity index is 886. The number of ether oxygens (including phenoxy) is 2. The fourth-order valence-electron chi connectivity index (χ4n) is 3.16. The number of aliphatic hydroxyl groups is 1. The number of hydrogen-bond donors (Lipinski definition) is 2. The van der Waals surface area contributed by atoms with Gasteiger partial charge in [0.1, 0.15) is 29.7 Å². The maximum atomic E-state index is 12.3. The van der Waals surface area contributed by atoms with Crippen LogP contribution in [0.5, 0.6) is 11.5 Å². The second-order valence-corrected chi connectivity index (χ2v) is 9.50. The first-order valence-electron chi connectivity index (χ1n) is 9.01. The Labute approximate surface area is 172 Å². The van der Waals surface area contributed by atoms with E-state index in [0.29, 0.717) is 4.31 Å². The first kappa shape index (κ1) is 24.2. The quantitative estimate of drug-likeness (QED) is 0.579. The van der Waals surface area contributed by atoms with E-state index in [4.69, 9.17) is 9.47 Å². The zero-order valence-corrected chi connectivity index (χ0v) is 17.5. The lowest BCUT2D eigenvalue weighted by atomic mass is 9.86. The van der Waals surface area contributed by atoms with Gasteiger partial charge in [-0.2, -0.15) is 17.5 Å². The average Bonchev–Trinajstić information content (AvgIpc) is 2.56. The minimum Gasteiger partial charge on any atom is -0.494 e. The largest absolute Gasteiger partial charge is 0.494 e. The van der Waals surface area contributed by atoms with Crippen LogP contribution in [0.15, 0.2) is 18.2 Å². The highest BCUT2D eigenvalue weighted by molar-refractivity contribution is 7.88. The highest BCUT2D eigenvalue weighted by Gasteiger charge is 2.48. The third kappa shape index (κ3) is 5.99. The van der Waals surface area contributed by atoms with Crippen LogP contribution in [0, 0.1) is 0 Å². The minimum absolute atomic E-state index is 0.139. The molecule has 8 nitrogen and oxygen atoms in total. The predicted molar refractivity (Wildman–Crippen MR) is 99.9 cm³/mol. The Morgan fingerprint density at radius 3 is 2.50 bits per heavy atom. The van der Waals surface area contributed by atoms with Crippen molar-refractivity contribution in [3.8, 4) is 11.5 Å². The standard InChI is InChI=1S/C18H24F3NO7S/c1-17(2)16(25)15(22(10-14(23)24)30(3,26)27)12-9-11(5-6-13(12)29-17)28-8-4-7-18(19,20)21/h5-6,9,15-16,25H,4,7-8,10H2,1-3H3,(H,23,24)/t15-,16+/m0/s1. The number of carboxylic acids is 1. The number of aliphatic carboxylic acids is 1. The van der Waals surface area contributed by atoms with Crippen molar-refractivity contribution in [2.75, 3.05) is 19.4 Å². The minimum atomic E-state index is -4.30. The van der Waals surface area contributed by atoms with E-state index >= 15 is 0 Å². The zero-order chi connectivity index (χ0) is 22.9. The molecule has 0 aliphatic carbocycles. The van der Waals surface area contributed by atoms with E-state index in [2.05, 4.69) is 0 Å². The molecule has 30 heavy (non-hydrogen) atoms. The van der Waals surface area contributed by atoms with E-state index < -0.39 is 52.9 Å². The van der Waals surface area contributed by atoms with Crippen LogP contribution >= 0.6 is 0 Å². The number of sulfonamides is 1. The molecule has 0 saturated carbocycles. The molecule has 2 rings (SSSR count). The number of carbonyl (C=O) groups is 1. The molecule has 0 amide bonds. The second-order valence-electron chi connectivity index (χ2n) is 7.56. The van der Waals surface area contributed by atoms with Crippen LogP contribution in [0.1, 0.15) is 38.3 Å². The van der Waals surface area contributed by atoms with Crippen molar-refractivity contribution in [1.29, 1.82) is 0 Å². The molecule has 170 valence electrons. The van der Waals surface area contributed by atoms with Gasteiger partial charge in [-0.25, -0.2) is 8.42 Å². The molecular formula is C18H24F3NO7S. The van der Waals surface area contributed by atoms with Gasteiger partial charge in [0.05, 0.1) is 18.9 Å². The van der Waals surface area contributed by atoms with Gasteiger partial charge in [0.2, 0.25) is 10.0 Å². The van der Waals surface area contributed by atoms with Gasteiger partial charge in [-0.15, -0.1) is 0 Å². The molecular weight excluding hydrogens is 431 g/mol. The molecule has 2 N–H and O–H groups in total. The Balaban J connectivity index is 2.40. The summed E-state index contributed by atoms with van der Waals surface area (Å²) in [6.07, 6.45) is -6.20. The summed E-state index contributed by atoms with van der Waals surface area (Å²) >= 11 is 0. The molecule has 0 spiro atoms. The summed E-state index contributed by atoms with van der Waals surface area (Å²) < 4.78 is 73.1. The van der Waals surface area contributed by atoms with Crippen molar-refractivity contribution in [1.82, 2.24) is 4.31 Å². The third-order valence-corrected chi connectivity index (χ3v) is 5.79. The third-order valence-electron chi connectivity index (χ3n) is 4.58. The normalized spacial score (nSPS) is 21.1. The molecule has 1 aromatic rings. The van der Waals surface area contributed by atoms with Crippen LogP contribution in [0.3, 0.4) is 0 Å². The van der Waals surface area contributed by atoms with Crippen molar-refractivity contribution in [2.24, 2.45) is 0 Å². The van der Waals surface area contributed by atoms with E-state index in [-0.39, 0.29) is 30.1 Å². The van der Waals surface area contributed by atoms with Crippen LogP contribution in [0.2, 0.25) is 0 Å². The predicted octanol–water partition coefficient (Wildman–Crippen LogP) is 2.33. The summed E-state index contributed by atoms with van der Waals surface area (Å²) in [7, 11) is -4.06. The molecule has 1 aliphatic rings. The van der Waals surface area contributed by atoms with Gasteiger partial charge < -0.3 is 19.7 Å². The van der Waals surface area contributed by atoms with Crippen LogP contribution in [0.4, 0.5) is 13.2 Å². The number of rotatable bonds is 8. The van der Waals surface area contributed by atoms with Gasteiger partial charge in [0.25, 0.3) is 0 Å².